The number of anilines is 1. The summed E-state index contributed by atoms with van der Waals surface area (Å²) >= 11 is 0. The van der Waals surface area contributed by atoms with Crippen LogP contribution in [0.3, 0.4) is 0 Å². The number of rotatable bonds is 4. The van der Waals surface area contributed by atoms with E-state index in [0.717, 1.165) is 11.3 Å². The van der Waals surface area contributed by atoms with Crippen molar-refractivity contribution in [3.63, 3.8) is 0 Å². The van der Waals surface area contributed by atoms with Crippen LogP contribution in [0.2, 0.25) is 0 Å². The number of nitrogens with zero attached hydrogens (tertiary/aromatic N) is 2. The zero-order valence-electron chi connectivity index (χ0n) is 18.8. The molecule has 3 heterocycles. The Labute approximate surface area is 191 Å². The average Bonchev–Trinajstić information content (AvgIpc) is 3.08. The highest BCUT2D eigenvalue weighted by Crippen LogP contribution is 2.28. The lowest BCUT2D eigenvalue weighted by molar-refractivity contribution is -0.136. The number of piperidine rings is 1. The minimum Gasteiger partial charge on any atom is -0.444 e. The summed E-state index contributed by atoms with van der Waals surface area (Å²) in [5.41, 5.74) is 3.28. The van der Waals surface area contributed by atoms with Crippen LogP contribution < -0.4 is 10.6 Å². The van der Waals surface area contributed by atoms with Crippen LogP contribution >= 0.6 is 0 Å². The molecule has 2 aromatic rings. The number of fused-ring (bicyclic) bond motifs is 1. The first kappa shape index (κ1) is 22.4. The van der Waals surface area contributed by atoms with Crippen LogP contribution in [-0.2, 0) is 32.9 Å². The number of hydrogen-bond donors (Lipinski definition) is 2. The first-order chi connectivity index (χ1) is 15.6. The van der Waals surface area contributed by atoms with Gasteiger partial charge in [-0.1, -0.05) is 32.9 Å². The van der Waals surface area contributed by atoms with Gasteiger partial charge in [0.2, 0.25) is 11.8 Å². The highest BCUT2D eigenvalue weighted by molar-refractivity contribution is 6.05. The number of pyridine rings is 1. The molecule has 2 aliphatic rings. The minimum absolute atomic E-state index is 0.0156. The molecule has 33 heavy (non-hydrogen) atoms. The molecule has 172 valence electrons. The molecule has 9 nitrogen and oxygen atoms in total. The van der Waals surface area contributed by atoms with Gasteiger partial charge in [0.05, 0.1) is 11.9 Å². The van der Waals surface area contributed by atoms with Crippen LogP contribution in [0.25, 0.3) is 0 Å². The van der Waals surface area contributed by atoms with Gasteiger partial charge in [0, 0.05) is 29.6 Å². The van der Waals surface area contributed by atoms with Gasteiger partial charge in [-0.25, -0.2) is 4.79 Å². The van der Waals surface area contributed by atoms with Crippen molar-refractivity contribution in [2.45, 2.75) is 58.2 Å². The molecule has 2 aliphatic heterocycles. The van der Waals surface area contributed by atoms with Crippen molar-refractivity contribution in [1.82, 2.24) is 15.2 Å². The Kier molecular flexibility index (Phi) is 5.88. The van der Waals surface area contributed by atoms with Crippen molar-refractivity contribution in [3.05, 3.63) is 58.9 Å². The summed E-state index contributed by atoms with van der Waals surface area (Å²) in [5, 5.41) is 4.93. The van der Waals surface area contributed by atoms with E-state index in [1.54, 1.807) is 30.5 Å². The topological polar surface area (TPSA) is 118 Å². The number of hydrogen-bond acceptors (Lipinski definition) is 6. The maximum absolute atomic E-state index is 12.9. The number of imide groups is 1. The average molecular weight is 450 g/mol. The lowest BCUT2D eigenvalue weighted by Gasteiger charge is -2.29. The number of ether oxygens (including phenoxy) is 1. The second-order valence-electron chi connectivity index (χ2n) is 9.27. The number of amides is 4. The van der Waals surface area contributed by atoms with Gasteiger partial charge < -0.3 is 9.64 Å². The van der Waals surface area contributed by atoms with Crippen LogP contribution in [0.4, 0.5) is 10.5 Å². The van der Waals surface area contributed by atoms with Gasteiger partial charge in [-0.15, -0.1) is 0 Å². The molecule has 0 aliphatic carbocycles. The Morgan fingerprint density at radius 1 is 1.21 bits per heavy atom. The summed E-state index contributed by atoms with van der Waals surface area (Å²) < 4.78 is 5.29. The van der Waals surface area contributed by atoms with E-state index in [1.165, 1.54) is 4.90 Å². The fourth-order valence-corrected chi connectivity index (χ4v) is 3.91. The molecule has 1 atom stereocenters. The predicted octanol–water partition coefficient (Wildman–Crippen LogP) is 2.89. The lowest BCUT2D eigenvalue weighted by Crippen LogP contribution is -2.52. The van der Waals surface area contributed by atoms with E-state index in [0.29, 0.717) is 29.8 Å². The Hall–Kier alpha value is -3.75. The molecule has 0 saturated carbocycles. The van der Waals surface area contributed by atoms with E-state index in [2.05, 4.69) is 36.4 Å². The van der Waals surface area contributed by atoms with Crippen LogP contribution in [-0.4, -0.2) is 39.7 Å². The molecule has 1 fully saturated rings. The SMILES string of the molecule is CC(C)(C)c1ccc(NC(=O)OCc2ccc3c(c2)C(=O)N(C2CCC(=O)NC2=O)C3)cn1. The number of benzene rings is 1. The third kappa shape index (κ3) is 4.87. The number of nitrogens with one attached hydrogen (secondary N) is 2. The van der Waals surface area contributed by atoms with Crippen molar-refractivity contribution in [2.24, 2.45) is 0 Å². The summed E-state index contributed by atoms with van der Waals surface area (Å²) in [7, 11) is 0. The Balaban J connectivity index is 1.35. The summed E-state index contributed by atoms with van der Waals surface area (Å²) in [4.78, 5) is 54.5. The molecule has 0 radical (unpaired) electrons. The van der Waals surface area contributed by atoms with Gasteiger partial charge in [0.1, 0.15) is 12.6 Å². The van der Waals surface area contributed by atoms with Crippen molar-refractivity contribution in [3.8, 4) is 0 Å². The first-order valence-electron chi connectivity index (χ1n) is 10.8. The zero-order chi connectivity index (χ0) is 23.8. The quantitative estimate of drug-likeness (QED) is 0.692. The molecule has 0 spiro atoms. The minimum atomic E-state index is -0.661. The van der Waals surface area contributed by atoms with Gasteiger partial charge in [-0.05, 0) is 35.7 Å². The van der Waals surface area contributed by atoms with Gasteiger partial charge in [0.25, 0.3) is 5.91 Å². The summed E-state index contributed by atoms with van der Waals surface area (Å²) in [5.74, 6) is -1.03. The van der Waals surface area contributed by atoms with E-state index >= 15 is 0 Å². The van der Waals surface area contributed by atoms with E-state index in [1.807, 2.05) is 6.07 Å². The third-order valence-electron chi connectivity index (χ3n) is 5.74. The van der Waals surface area contributed by atoms with Crippen molar-refractivity contribution in [2.75, 3.05) is 5.32 Å². The lowest BCUT2D eigenvalue weighted by atomic mass is 9.92. The standard InChI is InChI=1S/C24H26N4O5/c1-24(2,3)19-8-6-16(11-25-19)26-23(32)33-13-14-4-5-15-12-28(22(31)17(15)10-14)18-7-9-20(29)27-21(18)30/h4-6,8,10-11,18H,7,9,12-13H2,1-3H3,(H,26,32)(H,27,29,30). The Bertz CT molecular complexity index is 1120. The normalized spacial score (nSPS) is 18.1. The molecule has 1 aromatic carbocycles. The van der Waals surface area contributed by atoms with E-state index < -0.39 is 18.0 Å². The largest absolute Gasteiger partial charge is 0.444 e. The van der Waals surface area contributed by atoms with Crippen LogP contribution in [0.5, 0.6) is 0 Å². The van der Waals surface area contributed by atoms with E-state index in [9.17, 15) is 19.2 Å². The predicted molar refractivity (Wildman–Crippen MR) is 119 cm³/mol. The maximum atomic E-state index is 12.9. The highest BCUT2D eigenvalue weighted by Gasteiger charge is 2.39. The number of aromatic nitrogens is 1. The second-order valence-corrected chi connectivity index (χ2v) is 9.27. The molecule has 4 rings (SSSR count). The number of carbonyl (C=O) groups is 4. The molecule has 1 unspecified atom stereocenters. The van der Waals surface area contributed by atoms with Crippen LogP contribution in [0.1, 0.15) is 60.8 Å². The van der Waals surface area contributed by atoms with Crippen molar-refractivity contribution >= 4 is 29.5 Å². The van der Waals surface area contributed by atoms with E-state index in [-0.39, 0.29) is 30.3 Å². The van der Waals surface area contributed by atoms with Gasteiger partial charge >= 0.3 is 6.09 Å². The van der Waals surface area contributed by atoms with Gasteiger partial charge in [-0.2, -0.15) is 0 Å². The third-order valence-corrected chi connectivity index (χ3v) is 5.74. The fraction of sp³-hybridized carbons (Fsp3) is 0.375. The molecule has 4 amide bonds. The monoisotopic (exact) mass is 450 g/mol. The fourth-order valence-electron chi connectivity index (χ4n) is 3.91. The molecular weight excluding hydrogens is 424 g/mol. The maximum Gasteiger partial charge on any atom is 0.412 e. The van der Waals surface area contributed by atoms with Crippen LogP contribution in [0, 0.1) is 0 Å². The summed E-state index contributed by atoms with van der Waals surface area (Å²) in [6, 6.07) is 8.22. The van der Waals surface area contributed by atoms with Crippen molar-refractivity contribution < 1.29 is 23.9 Å². The van der Waals surface area contributed by atoms with Crippen molar-refractivity contribution in [1.29, 1.82) is 0 Å². The van der Waals surface area contributed by atoms with E-state index in [4.69, 9.17) is 4.74 Å². The smallest absolute Gasteiger partial charge is 0.412 e. The molecular formula is C24H26N4O5. The molecule has 0 bridgehead atoms. The highest BCUT2D eigenvalue weighted by atomic mass is 16.5. The van der Waals surface area contributed by atoms with Gasteiger partial charge in [0.15, 0.2) is 0 Å². The zero-order valence-corrected chi connectivity index (χ0v) is 18.8. The second kappa shape index (κ2) is 8.65. The summed E-state index contributed by atoms with van der Waals surface area (Å²) in [6.45, 7) is 6.46. The van der Waals surface area contributed by atoms with Gasteiger partial charge in [-0.3, -0.25) is 30.0 Å². The molecule has 2 N–H and O–H groups in total. The molecule has 1 saturated heterocycles. The molecule has 9 heteroatoms. The summed E-state index contributed by atoms with van der Waals surface area (Å²) in [6.07, 6.45) is 1.47. The number of carbonyl (C=O) groups excluding carboxylic acids is 4. The van der Waals surface area contributed by atoms with Crippen LogP contribution in [0.15, 0.2) is 36.5 Å². The first-order valence-corrected chi connectivity index (χ1v) is 10.8. The Morgan fingerprint density at radius 2 is 2.00 bits per heavy atom. The Morgan fingerprint density at radius 3 is 2.67 bits per heavy atom. The molecule has 1 aromatic heterocycles.